The van der Waals surface area contributed by atoms with Gasteiger partial charge in [0.05, 0.1) is 23.6 Å². The third-order valence-electron chi connectivity index (χ3n) is 5.89. The topological polar surface area (TPSA) is 140 Å². The molecule has 2 atom stereocenters. The van der Waals surface area contributed by atoms with E-state index in [4.69, 9.17) is 20.0 Å². The first kappa shape index (κ1) is 27.7. The minimum absolute atomic E-state index is 0.00424. The van der Waals surface area contributed by atoms with Crippen molar-refractivity contribution in [2.75, 3.05) is 19.9 Å². The Labute approximate surface area is 212 Å². The lowest BCUT2D eigenvalue weighted by Crippen LogP contribution is -2.48. The van der Waals surface area contributed by atoms with Gasteiger partial charge < -0.3 is 30.5 Å². The summed E-state index contributed by atoms with van der Waals surface area (Å²) in [5.41, 5.74) is 6.00. The molecule has 4 N–H and O–H groups in total. The van der Waals surface area contributed by atoms with E-state index in [0.29, 0.717) is 41.8 Å². The van der Waals surface area contributed by atoms with Crippen LogP contribution >= 0.6 is 0 Å². The Kier molecular flexibility index (Phi) is 9.18. The molecule has 11 heteroatoms. The fourth-order valence-corrected chi connectivity index (χ4v) is 5.23. The Hall–Kier alpha value is -2.86. The average Bonchev–Trinajstić information content (AvgIpc) is 3.30. The van der Waals surface area contributed by atoms with Crippen LogP contribution in [0.3, 0.4) is 0 Å². The molecule has 1 heterocycles. The molecule has 0 fully saturated rings. The normalized spacial score (nSPS) is 14.9. The van der Waals surface area contributed by atoms with Crippen LogP contribution in [0.5, 0.6) is 11.5 Å². The molecule has 2 aromatic carbocycles. The molecule has 0 saturated carbocycles. The van der Waals surface area contributed by atoms with Crippen LogP contribution in [0.2, 0.25) is 0 Å². The van der Waals surface area contributed by atoms with Crippen molar-refractivity contribution < 1.29 is 32.6 Å². The quantitative estimate of drug-likeness (QED) is 0.362. The van der Waals surface area contributed by atoms with Gasteiger partial charge in [0.25, 0.3) is 10.0 Å². The largest absolute Gasteiger partial charge is 0.454 e. The maximum Gasteiger partial charge on any atom is 0.427 e. The number of nitrogens with zero attached hydrogens (tertiary/aromatic N) is 1. The Morgan fingerprint density at radius 3 is 2.56 bits per heavy atom. The van der Waals surface area contributed by atoms with E-state index in [1.54, 1.807) is 6.92 Å². The summed E-state index contributed by atoms with van der Waals surface area (Å²) < 4.78 is 38.4. The van der Waals surface area contributed by atoms with Crippen LogP contribution in [-0.4, -0.2) is 56.1 Å². The molecular formula is C25H35N3O7S. The van der Waals surface area contributed by atoms with Crippen molar-refractivity contribution in [1.82, 2.24) is 9.79 Å². The van der Waals surface area contributed by atoms with E-state index in [-0.39, 0.29) is 18.2 Å². The smallest absolute Gasteiger partial charge is 0.427 e. The SMILES string of the molecule is CC(O)C(Cc1ccccc1)NC(=O)ON(CC(C)(C)CCCN)S(=O)(=O)c1ccc2c(c1)OCO2. The van der Waals surface area contributed by atoms with Crippen molar-refractivity contribution >= 4 is 16.1 Å². The Morgan fingerprint density at radius 2 is 1.89 bits per heavy atom. The lowest BCUT2D eigenvalue weighted by atomic mass is 9.88. The summed E-state index contributed by atoms with van der Waals surface area (Å²) in [6.07, 6.45) is -0.261. The molecular weight excluding hydrogens is 486 g/mol. The van der Waals surface area contributed by atoms with E-state index in [9.17, 15) is 18.3 Å². The van der Waals surface area contributed by atoms with E-state index in [2.05, 4.69) is 5.32 Å². The van der Waals surface area contributed by atoms with Gasteiger partial charge in [0, 0.05) is 6.07 Å². The molecule has 0 spiro atoms. The van der Waals surface area contributed by atoms with E-state index in [1.807, 2.05) is 44.2 Å². The number of sulfonamides is 1. The highest BCUT2D eigenvalue weighted by Crippen LogP contribution is 2.35. The van der Waals surface area contributed by atoms with Crippen LogP contribution in [0.1, 0.15) is 39.2 Å². The zero-order valence-corrected chi connectivity index (χ0v) is 21.7. The number of nitrogens with two attached hydrogens (primary N) is 1. The molecule has 198 valence electrons. The Morgan fingerprint density at radius 1 is 1.19 bits per heavy atom. The average molecular weight is 522 g/mol. The van der Waals surface area contributed by atoms with Crippen molar-refractivity contribution in [1.29, 1.82) is 0 Å². The number of hydroxylamine groups is 1. The maximum atomic E-state index is 13.6. The standard InChI is InChI=1S/C25H35N3O7S/c1-18(29)21(14-19-8-5-4-6-9-19)27-24(30)35-28(16-25(2,3)12-7-13-26)36(31,32)20-10-11-22-23(15-20)34-17-33-22/h4-6,8-11,15,18,21,29H,7,12-14,16-17,26H2,1-3H3,(H,27,30). The van der Waals surface area contributed by atoms with Crippen LogP contribution in [0.15, 0.2) is 53.4 Å². The number of benzene rings is 2. The number of fused-ring (bicyclic) bond motifs is 1. The van der Waals surface area contributed by atoms with Crippen LogP contribution in [-0.2, 0) is 21.3 Å². The molecule has 36 heavy (non-hydrogen) atoms. The monoisotopic (exact) mass is 521 g/mol. The first-order valence-electron chi connectivity index (χ1n) is 11.8. The summed E-state index contributed by atoms with van der Waals surface area (Å²) in [4.78, 5) is 18.2. The predicted octanol–water partition coefficient (Wildman–Crippen LogP) is 2.80. The number of nitrogens with one attached hydrogen (secondary N) is 1. The van der Waals surface area contributed by atoms with E-state index in [1.165, 1.54) is 18.2 Å². The Balaban J connectivity index is 1.82. The number of rotatable bonds is 12. The Bertz CT molecular complexity index is 1120. The van der Waals surface area contributed by atoms with E-state index >= 15 is 0 Å². The van der Waals surface area contributed by atoms with Crippen molar-refractivity contribution in [3.8, 4) is 11.5 Å². The number of ether oxygens (including phenoxy) is 2. The van der Waals surface area contributed by atoms with Crippen LogP contribution in [0.25, 0.3) is 0 Å². The van der Waals surface area contributed by atoms with Crippen LogP contribution in [0, 0.1) is 5.41 Å². The molecule has 10 nitrogen and oxygen atoms in total. The minimum Gasteiger partial charge on any atom is -0.454 e. The molecule has 0 bridgehead atoms. The summed E-state index contributed by atoms with van der Waals surface area (Å²) in [6, 6.07) is 12.8. The number of amides is 1. The summed E-state index contributed by atoms with van der Waals surface area (Å²) in [7, 11) is -4.27. The van der Waals surface area contributed by atoms with Gasteiger partial charge >= 0.3 is 6.09 Å². The third kappa shape index (κ3) is 7.33. The lowest BCUT2D eigenvalue weighted by Gasteiger charge is -2.31. The zero-order valence-electron chi connectivity index (χ0n) is 20.8. The van der Waals surface area contributed by atoms with E-state index < -0.39 is 33.7 Å². The van der Waals surface area contributed by atoms with Gasteiger partial charge in [-0.05, 0) is 60.3 Å². The molecule has 0 aliphatic carbocycles. The molecule has 1 aliphatic rings. The molecule has 3 rings (SSSR count). The predicted molar refractivity (Wildman–Crippen MR) is 134 cm³/mol. The fraction of sp³-hybridized carbons (Fsp3) is 0.480. The van der Waals surface area contributed by atoms with Gasteiger partial charge in [0.1, 0.15) is 0 Å². The van der Waals surface area contributed by atoms with Gasteiger partial charge in [-0.2, -0.15) is 0 Å². The minimum atomic E-state index is -4.27. The summed E-state index contributed by atoms with van der Waals surface area (Å²) in [6.45, 7) is 5.64. The highest BCUT2D eigenvalue weighted by Gasteiger charge is 2.35. The molecule has 2 aromatic rings. The number of carbonyl (C=O) groups is 1. The number of aliphatic hydroxyl groups excluding tert-OH is 1. The number of hydrogen-bond donors (Lipinski definition) is 3. The first-order chi connectivity index (χ1) is 17.0. The van der Waals surface area contributed by atoms with Crippen LogP contribution < -0.4 is 20.5 Å². The highest BCUT2D eigenvalue weighted by atomic mass is 32.2. The van der Waals surface area contributed by atoms with Crippen molar-refractivity contribution in [3.05, 3.63) is 54.1 Å². The van der Waals surface area contributed by atoms with E-state index in [0.717, 1.165) is 5.56 Å². The first-order valence-corrected chi connectivity index (χ1v) is 13.3. The zero-order chi connectivity index (χ0) is 26.3. The molecule has 2 unspecified atom stereocenters. The van der Waals surface area contributed by atoms with Gasteiger partial charge in [-0.3, -0.25) is 0 Å². The second kappa shape index (κ2) is 11.9. The molecule has 0 aromatic heterocycles. The van der Waals surface area contributed by atoms with Crippen molar-refractivity contribution in [2.24, 2.45) is 11.1 Å². The van der Waals surface area contributed by atoms with Crippen molar-refractivity contribution in [2.45, 2.75) is 57.1 Å². The molecule has 1 amide bonds. The molecule has 0 saturated heterocycles. The maximum absolute atomic E-state index is 13.6. The summed E-state index contributed by atoms with van der Waals surface area (Å²) in [5.74, 6) is 0.725. The second-order valence-electron chi connectivity index (χ2n) is 9.60. The van der Waals surface area contributed by atoms with Crippen LogP contribution in [0.4, 0.5) is 4.79 Å². The van der Waals surface area contributed by atoms with Gasteiger partial charge in [0.2, 0.25) is 6.79 Å². The number of aliphatic hydroxyl groups is 1. The lowest BCUT2D eigenvalue weighted by molar-refractivity contribution is -0.0472. The summed E-state index contributed by atoms with van der Waals surface area (Å²) >= 11 is 0. The van der Waals surface area contributed by atoms with Gasteiger partial charge in [-0.1, -0.05) is 44.2 Å². The fourth-order valence-electron chi connectivity index (χ4n) is 3.81. The summed E-state index contributed by atoms with van der Waals surface area (Å²) in [5, 5.41) is 12.8. The van der Waals surface area contributed by atoms with Gasteiger partial charge in [0.15, 0.2) is 11.5 Å². The van der Waals surface area contributed by atoms with Crippen molar-refractivity contribution in [3.63, 3.8) is 0 Å². The molecule has 0 radical (unpaired) electrons. The second-order valence-corrected chi connectivity index (χ2v) is 11.4. The highest BCUT2D eigenvalue weighted by molar-refractivity contribution is 7.89. The van der Waals surface area contributed by atoms with Gasteiger partial charge in [-0.15, -0.1) is 0 Å². The van der Waals surface area contributed by atoms with Gasteiger partial charge in [-0.25, -0.2) is 13.2 Å². The number of hydrogen-bond acceptors (Lipinski definition) is 8. The third-order valence-corrected chi connectivity index (χ3v) is 7.48. The molecule has 1 aliphatic heterocycles. The number of carbonyl (C=O) groups excluding carboxylic acids is 1.